The molecule has 0 radical (unpaired) electrons. The summed E-state index contributed by atoms with van der Waals surface area (Å²) in [5.74, 6) is -0.156. The highest BCUT2D eigenvalue weighted by molar-refractivity contribution is 5.93. The van der Waals surface area contributed by atoms with Gasteiger partial charge in [0.25, 0.3) is 5.91 Å². The van der Waals surface area contributed by atoms with Crippen molar-refractivity contribution in [2.45, 2.75) is 26.7 Å². The molecule has 7 nitrogen and oxygen atoms in total. The van der Waals surface area contributed by atoms with Gasteiger partial charge in [0.15, 0.2) is 5.65 Å². The van der Waals surface area contributed by atoms with Crippen molar-refractivity contribution in [3.8, 4) is 6.07 Å². The van der Waals surface area contributed by atoms with Gasteiger partial charge >= 0.3 is 0 Å². The minimum atomic E-state index is -0.156. The van der Waals surface area contributed by atoms with Crippen LogP contribution < -0.4 is 5.32 Å². The van der Waals surface area contributed by atoms with Crippen molar-refractivity contribution in [3.63, 3.8) is 0 Å². The minimum absolute atomic E-state index is 0.156. The van der Waals surface area contributed by atoms with Crippen molar-refractivity contribution in [3.05, 3.63) is 58.8 Å². The van der Waals surface area contributed by atoms with E-state index in [1.165, 1.54) is 6.20 Å². The first-order valence-electron chi connectivity index (χ1n) is 8.04. The van der Waals surface area contributed by atoms with Crippen LogP contribution >= 0.6 is 0 Å². The van der Waals surface area contributed by atoms with Gasteiger partial charge in [0.05, 0.1) is 11.3 Å². The molecule has 0 unspecified atom stereocenters. The lowest BCUT2D eigenvalue weighted by molar-refractivity contribution is 0.0953. The molecular weight excluding hydrogens is 316 g/mol. The fourth-order valence-electron chi connectivity index (χ4n) is 2.71. The Hall–Kier alpha value is -3.27. The second kappa shape index (κ2) is 7.09. The maximum Gasteiger partial charge on any atom is 0.252 e. The van der Waals surface area contributed by atoms with Gasteiger partial charge in [0.1, 0.15) is 11.6 Å². The lowest BCUT2D eigenvalue weighted by atomic mass is 10.1. The summed E-state index contributed by atoms with van der Waals surface area (Å²) in [5.41, 5.74) is 4.13. The van der Waals surface area contributed by atoms with Crippen LogP contribution in [-0.4, -0.2) is 32.0 Å². The van der Waals surface area contributed by atoms with Crippen LogP contribution in [0.3, 0.4) is 0 Å². The average molecular weight is 334 g/mol. The molecule has 0 fully saturated rings. The number of amides is 1. The first-order chi connectivity index (χ1) is 12.1. The summed E-state index contributed by atoms with van der Waals surface area (Å²) in [5, 5.41) is 16.8. The van der Waals surface area contributed by atoms with E-state index < -0.39 is 0 Å². The van der Waals surface area contributed by atoms with Gasteiger partial charge in [0.2, 0.25) is 0 Å². The van der Waals surface area contributed by atoms with Gasteiger partial charge in [0, 0.05) is 30.3 Å². The number of nitrogens with one attached hydrogen (secondary N) is 1. The number of pyridine rings is 1. The number of nitriles is 1. The van der Waals surface area contributed by atoms with E-state index in [1.54, 1.807) is 22.8 Å². The predicted molar refractivity (Wildman–Crippen MR) is 92.1 cm³/mol. The zero-order valence-corrected chi connectivity index (χ0v) is 14.2. The van der Waals surface area contributed by atoms with Crippen molar-refractivity contribution in [2.24, 2.45) is 0 Å². The molecule has 3 rings (SSSR count). The molecule has 0 bridgehead atoms. The smallest absolute Gasteiger partial charge is 0.252 e. The molecule has 0 spiro atoms. The molecule has 3 aromatic heterocycles. The molecule has 3 aromatic rings. The summed E-state index contributed by atoms with van der Waals surface area (Å²) in [4.78, 5) is 20.3. The average Bonchev–Trinajstić information content (AvgIpc) is 2.97. The maximum atomic E-state index is 12.0. The van der Waals surface area contributed by atoms with Gasteiger partial charge in [-0.25, -0.2) is 9.50 Å². The van der Waals surface area contributed by atoms with Gasteiger partial charge < -0.3 is 5.32 Å². The van der Waals surface area contributed by atoms with Gasteiger partial charge in [-0.1, -0.05) is 0 Å². The van der Waals surface area contributed by atoms with Crippen LogP contribution in [-0.2, 0) is 6.42 Å². The van der Waals surface area contributed by atoms with Crippen molar-refractivity contribution in [2.75, 3.05) is 6.54 Å². The molecule has 0 aliphatic heterocycles. The van der Waals surface area contributed by atoms with Crippen molar-refractivity contribution in [1.29, 1.82) is 5.26 Å². The number of fused-ring (bicyclic) bond motifs is 1. The van der Waals surface area contributed by atoms with E-state index >= 15 is 0 Å². The SMILES string of the molecule is Cc1cc(C)n2nc(CCCNC(=O)c3cccnc3)c(C#N)c2n1. The largest absolute Gasteiger partial charge is 0.352 e. The third kappa shape index (κ3) is 3.48. The quantitative estimate of drug-likeness (QED) is 0.720. The predicted octanol–water partition coefficient (Wildman–Crippen LogP) is 1.98. The van der Waals surface area contributed by atoms with Crippen molar-refractivity contribution < 1.29 is 4.79 Å². The Kier molecular flexibility index (Phi) is 4.70. The molecule has 0 aliphatic rings. The Morgan fingerprint density at radius 3 is 2.96 bits per heavy atom. The highest BCUT2D eigenvalue weighted by atomic mass is 16.1. The van der Waals surface area contributed by atoms with E-state index in [1.807, 2.05) is 19.9 Å². The maximum absolute atomic E-state index is 12.0. The van der Waals surface area contributed by atoms with Crippen LogP contribution in [0, 0.1) is 25.2 Å². The summed E-state index contributed by atoms with van der Waals surface area (Å²) < 4.78 is 1.70. The highest BCUT2D eigenvalue weighted by Gasteiger charge is 2.15. The third-order valence-corrected chi connectivity index (χ3v) is 3.88. The molecule has 126 valence electrons. The van der Waals surface area contributed by atoms with Gasteiger partial charge in [-0.2, -0.15) is 10.4 Å². The Morgan fingerprint density at radius 2 is 2.24 bits per heavy atom. The molecule has 0 saturated carbocycles. The zero-order chi connectivity index (χ0) is 17.8. The van der Waals surface area contributed by atoms with Crippen LogP contribution in [0.25, 0.3) is 5.65 Å². The lowest BCUT2D eigenvalue weighted by Gasteiger charge is -2.04. The fourth-order valence-corrected chi connectivity index (χ4v) is 2.71. The minimum Gasteiger partial charge on any atom is -0.352 e. The second-order valence-electron chi connectivity index (χ2n) is 5.81. The van der Waals surface area contributed by atoms with Crippen LogP contribution in [0.5, 0.6) is 0 Å². The number of carbonyl (C=O) groups is 1. The van der Waals surface area contributed by atoms with Crippen LogP contribution in [0.2, 0.25) is 0 Å². The summed E-state index contributed by atoms with van der Waals surface area (Å²) >= 11 is 0. The lowest BCUT2D eigenvalue weighted by Crippen LogP contribution is -2.24. The summed E-state index contributed by atoms with van der Waals surface area (Å²) in [6.07, 6.45) is 4.43. The topological polar surface area (TPSA) is 96.0 Å². The number of hydrogen-bond acceptors (Lipinski definition) is 5. The van der Waals surface area contributed by atoms with E-state index in [0.717, 1.165) is 11.4 Å². The Morgan fingerprint density at radius 1 is 1.40 bits per heavy atom. The first-order valence-corrected chi connectivity index (χ1v) is 8.04. The molecule has 0 aliphatic carbocycles. The van der Waals surface area contributed by atoms with E-state index in [9.17, 15) is 10.1 Å². The number of nitrogens with zero attached hydrogens (tertiary/aromatic N) is 5. The number of rotatable bonds is 5. The van der Waals surface area contributed by atoms with E-state index in [0.29, 0.717) is 41.9 Å². The Bertz CT molecular complexity index is 955. The highest BCUT2D eigenvalue weighted by Crippen LogP contribution is 2.17. The molecule has 3 heterocycles. The van der Waals surface area contributed by atoms with Gasteiger partial charge in [-0.15, -0.1) is 0 Å². The number of aryl methyl sites for hydroxylation is 3. The van der Waals surface area contributed by atoms with Crippen molar-refractivity contribution in [1.82, 2.24) is 24.9 Å². The molecule has 7 heteroatoms. The van der Waals surface area contributed by atoms with E-state index in [-0.39, 0.29) is 5.91 Å². The molecule has 1 N–H and O–H groups in total. The number of carbonyl (C=O) groups excluding carboxylic acids is 1. The monoisotopic (exact) mass is 334 g/mol. The first kappa shape index (κ1) is 16.6. The second-order valence-corrected chi connectivity index (χ2v) is 5.81. The molecule has 0 saturated heterocycles. The third-order valence-electron chi connectivity index (χ3n) is 3.88. The number of aromatic nitrogens is 4. The molecule has 0 atom stereocenters. The molecule has 0 aromatic carbocycles. The molecule has 25 heavy (non-hydrogen) atoms. The van der Waals surface area contributed by atoms with Crippen LogP contribution in [0.4, 0.5) is 0 Å². The molecule has 1 amide bonds. The van der Waals surface area contributed by atoms with Gasteiger partial charge in [-0.05, 0) is 44.9 Å². The van der Waals surface area contributed by atoms with E-state index in [2.05, 4.69) is 26.5 Å². The van der Waals surface area contributed by atoms with Crippen molar-refractivity contribution >= 4 is 11.6 Å². The summed E-state index contributed by atoms with van der Waals surface area (Å²) in [6, 6.07) is 7.58. The fraction of sp³-hybridized carbons (Fsp3) is 0.278. The van der Waals surface area contributed by atoms with Crippen LogP contribution in [0.1, 0.15) is 39.4 Å². The zero-order valence-electron chi connectivity index (χ0n) is 14.2. The van der Waals surface area contributed by atoms with Crippen LogP contribution in [0.15, 0.2) is 30.6 Å². The standard InChI is InChI=1S/C18H18N6O/c1-12-9-13(2)24-17(22-12)15(10-19)16(23-24)6-4-8-21-18(25)14-5-3-7-20-11-14/h3,5,7,9,11H,4,6,8H2,1-2H3,(H,21,25). The number of hydrogen-bond donors (Lipinski definition) is 1. The van der Waals surface area contributed by atoms with Gasteiger partial charge in [-0.3, -0.25) is 9.78 Å². The Balaban J connectivity index is 1.67. The summed E-state index contributed by atoms with van der Waals surface area (Å²) in [6.45, 7) is 4.33. The Labute approximate surface area is 145 Å². The normalized spacial score (nSPS) is 10.6. The molecular formula is C18H18N6O. The van der Waals surface area contributed by atoms with E-state index in [4.69, 9.17) is 0 Å². The summed E-state index contributed by atoms with van der Waals surface area (Å²) in [7, 11) is 0.